The molecular weight excluding hydrogens is 497 g/mol. The van der Waals surface area contributed by atoms with Gasteiger partial charge in [0.2, 0.25) is 11.8 Å². The number of primary amides is 1. The van der Waals surface area contributed by atoms with Crippen molar-refractivity contribution in [1.29, 1.82) is 0 Å². The lowest BCUT2D eigenvalue weighted by atomic mass is 10.0. The van der Waals surface area contributed by atoms with Gasteiger partial charge in [0.25, 0.3) is 0 Å². The van der Waals surface area contributed by atoms with Crippen LogP contribution in [-0.2, 0) is 27.4 Å². The molecule has 2 rings (SSSR count). The molecule has 0 fully saturated rings. The van der Waals surface area contributed by atoms with Crippen molar-refractivity contribution in [2.24, 2.45) is 11.7 Å². The number of carbonyl (C=O) groups excluding carboxylic acids is 3. The number of nitrogens with one attached hydrogen (secondary N) is 2. The smallest absolute Gasteiger partial charge is 0.408 e. The van der Waals surface area contributed by atoms with Gasteiger partial charge in [-0.2, -0.15) is 0 Å². The number of rotatable bonds is 9. The van der Waals surface area contributed by atoms with Crippen LogP contribution in [0.15, 0.2) is 54.6 Å². The van der Waals surface area contributed by atoms with E-state index in [0.717, 1.165) is 14.7 Å². The lowest BCUT2D eigenvalue weighted by Crippen LogP contribution is -2.55. The van der Waals surface area contributed by atoms with Crippen molar-refractivity contribution >= 4 is 40.5 Å². The molecular formula is C22H26IN3O4. The normalized spacial score (nSPS) is 12.7. The minimum absolute atomic E-state index is 0.0929. The minimum Gasteiger partial charge on any atom is -0.445 e. The molecule has 0 saturated carbocycles. The van der Waals surface area contributed by atoms with Crippen molar-refractivity contribution in [2.75, 3.05) is 0 Å². The summed E-state index contributed by atoms with van der Waals surface area (Å²) in [5.41, 5.74) is 7.21. The molecule has 0 aliphatic heterocycles. The monoisotopic (exact) mass is 523 g/mol. The molecule has 160 valence electrons. The van der Waals surface area contributed by atoms with Gasteiger partial charge in [0.15, 0.2) is 0 Å². The van der Waals surface area contributed by atoms with Crippen LogP contribution < -0.4 is 16.4 Å². The summed E-state index contributed by atoms with van der Waals surface area (Å²) in [6.07, 6.45) is -0.442. The Morgan fingerprint density at radius 1 is 1.00 bits per heavy atom. The summed E-state index contributed by atoms with van der Waals surface area (Å²) in [6.45, 7) is 3.68. The van der Waals surface area contributed by atoms with Crippen molar-refractivity contribution in [2.45, 2.75) is 39.0 Å². The Balaban J connectivity index is 1.98. The van der Waals surface area contributed by atoms with Gasteiger partial charge >= 0.3 is 6.09 Å². The van der Waals surface area contributed by atoms with Crippen LogP contribution in [0.3, 0.4) is 0 Å². The molecule has 0 aromatic heterocycles. The Bertz CT molecular complexity index is 874. The average Bonchev–Trinajstić information content (AvgIpc) is 2.70. The predicted molar refractivity (Wildman–Crippen MR) is 122 cm³/mol. The third-order valence-corrected chi connectivity index (χ3v) is 5.10. The first-order chi connectivity index (χ1) is 14.3. The highest BCUT2D eigenvalue weighted by atomic mass is 127. The Morgan fingerprint density at radius 2 is 1.67 bits per heavy atom. The maximum absolute atomic E-state index is 12.8. The maximum atomic E-state index is 12.8. The molecule has 0 heterocycles. The van der Waals surface area contributed by atoms with Gasteiger partial charge in [-0.1, -0.05) is 56.3 Å². The number of alkyl carbamates (subject to hydrolysis) is 1. The standard InChI is InChI=1S/C22H26IN3O4/c1-14(2)19(26-22(29)30-13-15-7-4-3-5-8-15)21(28)25-18(20(24)27)12-16-9-6-10-17(23)11-16/h3-11,14,18-19H,12-13H2,1-2H3,(H2,24,27)(H,25,28)(H,26,29)/t18-,19-/m0/s1. The highest BCUT2D eigenvalue weighted by Crippen LogP contribution is 2.11. The second-order valence-electron chi connectivity index (χ2n) is 7.23. The zero-order valence-corrected chi connectivity index (χ0v) is 19.1. The summed E-state index contributed by atoms with van der Waals surface area (Å²) in [6, 6.07) is 15.1. The fourth-order valence-corrected chi connectivity index (χ4v) is 3.42. The topological polar surface area (TPSA) is 111 Å². The molecule has 30 heavy (non-hydrogen) atoms. The molecule has 0 aliphatic carbocycles. The molecule has 4 N–H and O–H groups in total. The molecule has 8 heteroatoms. The summed E-state index contributed by atoms with van der Waals surface area (Å²) >= 11 is 2.17. The van der Waals surface area contributed by atoms with E-state index in [0.29, 0.717) is 0 Å². The Labute approximate surface area is 189 Å². The number of hydrogen-bond donors (Lipinski definition) is 3. The van der Waals surface area contributed by atoms with Gasteiger partial charge in [0.05, 0.1) is 0 Å². The Hall–Kier alpha value is -2.62. The van der Waals surface area contributed by atoms with Gasteiger partial charge in [-0.05, 0) is 51.8 Å². The van der Waals surface area contributed by atoms with Crippen LogP contribution in [0.5, 0.6) is 0 Å². The summed E-state index contributed by atoms with van der Waals surface area (Å²) in [7, 11) is 0. The highest BCUT2D eigenvalue weighted by Gasteiger charge is 2.28. The van der Waals surface area contributed by atoms with Gasteiger partial charge < -0.3 is 21.1 Å². The van der Waals surface area contributed by atoms with E-state index in [1.54, 1.807) is 13.8 Å². The van der Waals surface area contributed by atoms with Crippen LogP contribution in [-0.4, -0.2) is 30.0 Å². The third-order valence-electron chi connectivity index (χ3n) is 4.42. The molecule has 3 amide bonds. The van der Waals surface area contributed by atoms with Crippen LogP contribution in [0, 0.1) is 9.49 Å². The van der Waals surface area contributed by atoms with Gasteiger partial charge in [-0.3, -0.25) is 9.59 Å². The van der Waals surface area contributed by atoms with Gasteiger partial charge in [-0.25, -0.2) is 4.79 Å². The first-order valence-corrected chi connectivity index (χ1v) is 10.7. The predicted octanol–water partition coefficient (Wildman–Crippen LogP) is 2.75. The van der Waals surface area contributed by atoms with Crippen molar-refractivity contribution in [3.63, 3.8) is 0 Å². The van der Waals surface area contributed by atoms with E-state index in [-0.39, 0.29) is 18.9 Å². The molecule has 2 aromatic rings. The van der Waals surface area contributed by atoms with E-state index >= 15 is 0 Å². The largest absolute Gasteiger partial charge is 0.445 e. The SMILES string of the molecule is CC(C)[C@H](NC(=O)OCc1ccccc1)C(=O)N[C@@H](Cc1cccc(I)c1)C(N)=O. The van der Waals surface area contributed by atoms with E-state index in [9.17, 15) is 14.4 Å². The van der Waals surface area contributed by atoms with E-state index in [1.165, 1.54) is 0 Å². The number of benzene rings is 2. The number of nitrogens with two attached hydrogens (primary N) is 1. The fourth-order valence-electron chi connectivity index (χ4n) is 2.81. The molecule has 0 radical (unpaired) electrons. The van der Waals surface area contributed by atoms with Crippen molar-refractivity contribution < 1.29 is 19.1 Å². The molecule has 2 aromatic carbocycles. The van der Waals surface area contributed by atoms with Crippen LogP contribution in [0.1, 0.15) is 25.0 Å². The zero-order chi connectivity index (χ0) is 22.1. The number of carbonyl (C=O) groups is 3. The van der Waals surface area contributed by atoms with E-state index in [2.05, 4.69) is 33.2 Å². The zero-order valence-electron chi connectivity index (χ0n) is 16.9. The molecule has 7 nitrogen and oxygen atoms in total. The van der Waals surface area contributed by atoms with Crippen molar-refractivity contribution in [3.8, 4) is 0 Å². The molecule has 0 spiro atoms. The van der Waals surface area contributed by atoms with Crippen molar-refractivity contribution in [3.05, 3.63) is 69.3 Å². The lowest BCUT2D eigenvalue weighted by Gasteiger charge is -2.24. The minimum atomic E-state index is -0.890. The molecule has 0 aliphatic rings. The second-order valence-corrected chi connectivity index (χ2v) is 8.47. The Kier molecular flexibility index (Phi) is 9.10. The van der Waals surface area contributed by atoms with Crippen LogP contribution >= 0.6 is 22.6 Å². The quantitative estimate of drug-likeness (QED) is 0.439. The van der Waals surface area contributed by atoms with E-state index in [4.69, 9.17) is 10.5 Å². The van der Waals surface area contributed by atoms with Crippen LogP contribution in [0.25, 0.3) is 0 Å². The van der Waals surface area contributed by atoms with Gasteiger partial charge in [0.1, 0.15) is 18.7 Å². The average molecular weight is 523 g/mol. The van der Waals surface area contributed by atoms with E-state index in [1.807, 2.05) is 54.6 Å². The third kappa shape index (κ3) is 7.66. The maximum Gasteiger partial charge on any atom is 0.408 e. The Morgan fingerprint density at radius 3 is 2.27 bits per heavy atom. The number of ether oxygens (including phenoxy) is 1. The molecule has 0 saturated heterocycles. The van der Waals surface area contributed by atoms with Gasteiger partial charge in [0, 0.05) is 9.99 Å². The summed E-state index contributed by atoms with van der Waals surface area (Å²) in [5.74, 6) is -1.35. The second kappa shape index (κ2) is 11.5. The summed E-state index contributed by atoms with van der Waals surface area (Å²) in [4.78, 5) is 36.8. The lowest BCUT2D eigenvalue weighted by molar-refractivity contribution is -0.129. The number of amides is 3. The first kappa shape index (κ1) is 23.7. The van der Waals surface area contributed by atoms with Crippen LogP contribution in [0.2, 0.25) is 0 Å². The van der Waals surface area contributed by atoms with E-state index < -0.39 is 30.0 Å². The molecule has 0 bridgehead atoms. The molecule has 2 atom stereocenters. The van der Waals surface area contributed by atoms with Crippen molar-refractivity contribution in [1.82, 2.24) is 10.6 Å². The summed E-state index contributed by atoms with van der Waals surface area (Å²) < 4.78 is 6.21. The van der Waals surface area contributed by atoms with Crippen LogP contribution in [0.4, 0.5) is 4.79 Å². The molecule has 0 unspecified atom stereocenters. The highest BCUT2D eigenvalue weighted by molar-refractivity contribution is 14.1. The fraction of sp³-hybridized carbons (Fsp3) is 0.318. The first-order valence-electron chi connectivity index (χ1n) is 9.57. The summed E-state index contributed by atoms with van der Waals surface area (Å²) in [5, 5.41) is 5.24. The number of hydrogen-bond acceptors (Lipinski definition) is 4. The number of halogens is 1. The van der Waals surface area contributed by atoms with Gasteiger partial charge in [-0.15, -0.1) is 0 Å².